The summed E-state index contributed by atoms with van der Waals surface area (Å²) in [7, 11) is 2.12. The number of phenolic OH excluding ortho intramolecular Hbond substituents is 1. The van der Waals surface area contributed by atoms with Crippen molar-refractivity contribution < 1.29 is 5.11 Å². The van der Waals surface area contributed by atoms with Gasteiger partial charge in [0.15, 0.2) is 0 Å². The van der Waals surface area contributed by atoms with Crippen LogP contribution in [0, 0.1) is 0 Å². The van der Waals surface area contributed by atoms with Crippen LogP contribution in [-0.4, -0.2) is 55.8 Å². The molecule has 1 N–H and O–H groups in total. The van der Waals surface area contributed by atoms with Crippen LogP contribution in [-0.2, 0) is 20.1 Å². The second-order valence-electron chi connectivity index (χ2n) is 7.76. The molecule has 0 radical (unpaired) electrons. The lowest BCUT2D eigenvalue weighted by atomic mass is 9.96. The molecule has 0 saturated carbocycles. The van der Waals surface area contributed by atoms with Crippen molar-refractivity contribution in [1.82, 2.24) is 24.6 Å². The van der Waals surface area contributed by atoms with Crippen LogP contribution < -0.4 is 0 Å². The molecule has 1 aromatic carbocycles. The Hall–Kier alpha value is -1.92. The summed E-state index contributed by atoms with van der Waals surface area (Å²) in [6, 6.07) is 7.59. The van der Waals surface area contributed by atoms with Crippen LogP contribution in [0.1, 0.15) is 48.8 Å². The summed E-state index contributed by atoms with van der Waals surface area (Å²) in [4.78, 5) is 4.95. The fourth-order valence-electron chi connectivity index (χ4n) is 4.33. The maximum atomic E-state index is 9.68. The fraction of sp³-hybridized carbons (Fsp3) is 0.600. The highest BCUT2D eigenvalue weighted by atomic mass is 16.3. The van der Waals surface area contributed by atoms with Crippen molar-refractivity contribution in [3.63, 3.8) is 0 Å². The zero-order chi connectivity index (χ0) is 17.9. The van der Waals surface area contributed by atoms with Gasteiger partial charge >= 0.3 is 0 Å². The van der Waals surface area contributed by atoms with Gasteiger partial charge in [-0.3, -0.25) is 9.80 Å². The van der Waals surface area contributed by atoms with E-state index in [-0.39, 0.29) is 0 Å². The molecule has 0 amide bonds. The largest absolute Gasteiger partial charge is 0.508 e. The van der Waals surface area contributed by atoms with Gasteiger partial charge in [-0.25, -0.2) is 0 Å². The molecule has 2 aliphatic rings. The van der Waals surface area contributed by atoms with Crippen LogP contribution >= 0.6 is 0 Å². The third-order valence-electron chi connectivity index (χ3n) is 5.75. The van der Waals surface area contributed by atoms with E-state index in [0.29, 0.717) is 11.7 Å². The minimum absolute atomic E-state index is 0.343. The van der Waals surface area contributed by atoms with E-state index in [1.807, 2.05) is 12.1 Å². The first kappa shape index (κ1) is 17.5. The van der Waals surface area contributed by atoms with E-state index in [9.17, 15) is 5.11 Å². The Morgan fingerprint density at radius 2 is 1.85 bits per heavy atom. The zero-order valence-corrected chi connectivity index (χ0v) is 15.6. The zero-order valence-electron chi connectivity index (χ0n) is 15.6. The van der Waals surface area contributed by atoms with E-state index in [2.05, 4.69) is 37.7 Å². The van der Waals surface area contributed by atoms with Gasteiger partial charge in [0.25, 0.3) is 0 Å². The van der Waals surface area contributed by atoms with Crippen LogP contribution in [0.5, 0.6) is 5.75 Å². The Bertz CT molecular complexity index is 738. The maximum absolute atomic E-state index is 9.68. The summed E-state index contributed by atoms with van der Waals surface area (Å²) in [5.74, 6) is 2.99. The Morgan fingerprint density at radius 1 is 1.04 bits per heavy atom. The van der Waals surface area contributed by atoms with E-state index in [1.165, 1.54) is 44.3 Å². The maximum Gasteiger partial charge on any atom is 0.146 e. The molecule has 2 aromatic rings. The summed E-state index contributed by atoms with van der Waals surface area (Å²) in [6.45, 7) is 6.27. The molecule has 0 aliphatic carbocycles. The van der Waals surface area contributed by atoms with Crippen molar-refractivity contribution in [1.29, 1.82) is 0 Å². The van der Waals surface area contributed by atoms with E-state index in [0.717, 1.165) is 37.8 Å². The lowest BCUT2D eigenvalue weighted by Gasteiger charge is -2.32. The normalized spacial score (nSPS) is 22.1. The second-order valence-corrected chi connectivity index (χ2v) is 7.76. The Balaban J connectivity index is 1.41. The van der Waals surface area contributed by atoms with Gasteiger partial charge in [0.05, 0.1) is 6.54 Å². The SMILES string of the molecule is Cn1c(CN2CCCC2)nnc1[C@H]1CCCN(Cc2cccc(O)c2)C1. The first-order chi connectivity index (χ1) is 12.7. The molecule has 6 heteroatoms. The third-order valence-corrected chi connectivity index (χ3v) is 5.75. The molecule has 140 valence electrons. The predicted molar refractivity (Wildman–Crippen MR) is 101 cm³/mol. The third kappa shape index (κ3) is 3.91. The number of nitrogens with zero attached hydrogens (tertiary/aromatic N) is 5. The Kier molecular flexibility index (Phi) is 5.22. The average molecular weight is 355 g/mol. The van der Waals surface area contributed by atoms with Gasteiger partial charge in [0.1, 0.15) is 17.4 Å². The first-order valence-electron chi connectivity index (χ1n) is 9.80. The summed E-state index contributed by atoms with van der Waals surface area (Å²) in [6.07, 6.45) is 4.96. The van der Waals surface area contributed by atoms with E-state index < -0.39 is 0 Å². The highest BCUT2D eigenvalue weighted by Crippen LogP contribution is 2.27. The molecule has 0 unspecified atom stereocenters. The summed E-state index contributed by atoms with van der Waals surface area (Å²) >= 11 is 0. The standard InChI is InChI=1S/C20H29N5O/c1-23-19(15-24-9-2-3-10-24)21-22-20(23)17-7-5-11-25(14-17)13-16-6-4-8-18(26)12-16/h4,6,8,12,17,26H,2-3,5,7,9-11,13-15H2,1H3/t17-/m0/s1. The molecule has 6 nitrogen and oxygen atoms in total. The quantitative estimate of drug-likeness (QED) is 0.893. The molecule has 1 aromatic heterocycles. The van der Waals surface area contributed by atoms with Crippen LogP contribution in [0.4, 0.5) is 0 Å². The van der Waals surface area contributed by atoms with Crippen molar-refractivity contribution >= 4 is 0 Å². The van der Waals surface area contributed by atoms with Gasteiger partial charge in [0, 0.05) is 26.1 Å². The Labute approximate surface area is 155 Å². The number of hydrogen-bond acceptors (Lipinski definition) is 5. The monoisotopic (exact) mass is 355 g/mol. The molecule has 1 atom stereocenters. The van der Waals surface area contributed by atoms with Crippen molar-refractivity contribution in [3.8, 4) is 5.75 Å². The van der Waals surface area contributed by atoms with Gasteiger partial charge in [-0.2, -0.15) is 0 Å². The number of aromatic hydroxyl groups is 1. The molecule has 2 saturated heterocycles. The highest BCUT2D eigenvalue weighted by Gasteiger charge is 2.26. The van der Waals surface area contributed by atoms with Gasteiger partial charge in [0.2, 0.25) is 0 Å². The Morgan fingerprint density at radius 3 is 2.65 bits per heavy atom. The molecular formula is C20H29N5O. The smallest absolute Gasteiger partial charge is 0.146 e. The molecule has 2 fully saturated rings. The number of phenols is 1. The minimum Gasteiger partial charge on any atom is -0.508 e. The first-order valence-corrected chi connectivity index (χ1v) is 9.80. The number of rotatable bonds is 5. The second kappa shape index (κ2) is 7.76. The predicted octanol–water partition coefficient (Wildman–Crippen LogP) is 2.50. The number of hydrogen-bond donors (Lipinski definition) is 1. The van der Waals surface area contributed by atoms with E-state index in [1.54, 1.807) is 6.07 Å². The van der Waals surface area contributed by atoms with E-state index >= 15 is 0 Å². The lowest BCUT2D eigenvalue weighted by molar-refractivity contribution is 0.194. The van der Waals surface area contributed by atoms with Gasteiger partial charge in [-0.15, -0.1) is 10.2 Å². The number of benzene rings is 1. The average Bonchev–Trinajstić information content (AvgIpc) is 3.26. The van der Waals surface area contributed by atoms with Crippen LogP contribution in [0.2, 0.25) is 0 Å². The fourth-order valence-corrected chi connectivity index (χ4v) is 4.33. The summed E-state index contributed by atoms with van der Waals surface area (Å²) in [5.41, 5.74) is 1.17. The lowest BCUT2D eigenvalue weighted by Crippen LogP contribution is -2.35. The van der Waals surface area contributed by atoms with Crippen molar-refractivity contribution in [2.24, 2.45) is 7.05 Å². The van der Waals surface area contributed by atoms with Crippen molar-refractivity contribution in [2.75, 3.05) is 26.2 Å². The molecule has 2 aliphatic heterocycles. The number of likely N-dealkylation sites (tertiary alicyclic amines) is 2. The van der Waals surface area contributed by atoms with E-state index in [4.69, 9.17) is 0 Å². The van der Waals surface area contributed by atoms with Gasteiger partial charge in [-0.1, -0.05) is 12.1 Å². The molecule has 0 spiro atoms. The molecule has 3 heterocycles. The van der Waals surface area contributed by atoms with Crippen LogP contribution in [0.25, 0.3) is 0 Å². The summed E-state index contributed by atoms with van der Waals surface area (Å²) in [5, 5.41) is 18.7. The van der Waals surface area contributed by atoms with Crippen LogP contribution in [0.3, 0.4) is 0 Å². The highest BCUT2D eigenvalue weighted by molar-refractivity contribution is 5.27. The molecule has 4 rings (SSSR count). The van der Waals surface area contributed by atoms with Crippen molar-refractivity contribution in [2.45, 2.75) is 44.7 Å². The van der Waals surface area contributed by atoms with Crippen LogP contribution in [0.15, 0.2) is 24.3 Å². The van der Waals surface area contributed by atoms with Gasteiger partial charge in [-0.05, 0) is 63.0 Å². The molecular weight excluding hydrogens is 326 g/mol. The van der Waals surface area contributed by atoms with Gasteiger partial charge < -0.3 is 9.67 Å². The van der Waals surface area contributed by atoms with Crippen molar-refractivity contribution in [3.05, 3.63) is 41.5 Å². The minimum atomic E-state index is 0.343. The summed E-state index contributed by atoms with van der Waals surface area (Å²) < 4.78 is 2.22. The molecule has 0 bridgehead atoms. The number of piperidine rings is 1. The topological polar surface area (TPSA) is 57.4 Å². The molecule has 26 heavy (non-hydrogen) atoms. The number of aromatic nitrogens is 3.